The maximum Gasteiger partial charge on any atom is 0.244 e. The van der Waals surface area contributed by atoms with Gasteiger partial charge in [-0.15, -0.1) is 0 Å². The molecular weight excluding hydrogens is 330 g/mol. The van der Waals surface area contributed by atoms with Crippen LogP contribution in [0.25, 0.3) is 6.08 Å². The van der Waals surface area contributed by atoms with Gasteiger partial charge < -0.3 is 19.5 Å². The van der Waals surface area contributed by atoms with Crippen LogP contribution in [0.2, 0.25) is 0 Å². The van der Waals surface area contributed by atoms with Crippen LogP contribution < -0.4 is 19.5 Å². The van der Waals surface area contributed by atoms with Crippen LogP contribution in [0, 0.1) is 0 Å². The third kappa shape index (κ3) is 4.17. The zero-order chi connectivity index (χ0) is 18.4. The Morgan fingerprint density at radius 3 is 2.92 bits per heavy atom. The molecule has 0 aromatic heterocycles. The lowest BCUT2D eigenvalue weighted by Gasteiger charge is -2.26. The molecule has 0 aliphatic carbocycles. The number of rotatable bonds is 6. The fourth-order valence-electron chi connectivity index (χ4n) is 2.95. The van der Waals surface area contributed by atoms with Crippen molar-refractivity contribution in [2.45, 2.75) is 19.4 Å². The molecule has 1 atom stereocenters. The summed E-state index contributed by atoms with van der Waals surface area (Å²) in [5, 5.41) is 3.04. The van der Waals surface area contributed by atoms with Gasteiger partial charge in [0.25, 0.3) is 0 Å². The highest BCUT2D eigenvalue weighted by molar-refractivity contribution is 5.92. The number of fused-ring (bicyclic) bond motifs is 1. The van der Waals surface area contributed by atoms with E-state index in [1.54, 1.807) is 13.2 Å². The van der Waals surface area contributed by atoms with Gasteiger partial charge >= 0.3 is 0 Å². The van der Waals surface area contributed by atoms with Crippen molar-refractivity contribution < 1.29 is 19.0 Å². The molecule has 0 bridgehead atoms. The molecule has 0 radical (unpaired) electrons. The predicted molar refractivity (Wildman–Crippen MR) is 101 cm³/mol. The highest BCUT2D eigenvalue weighted by Gasteiger charge is 2.21. The highest BCUT2D eigenvalue weighted by Crippen LogP contribution is 2.31. The second-order valence-electron chi connectivity index (χ2n) is 5.91. The molecule has 0 saturated heterocycles. The van der Waals surface area contributed by atoms with Gasteiger partial charge in [0.2, 0.25) is 5.91 Å². The lowest BCUT2D eigenvalue weighted by Crippen LogP contribution is -2.30. The summed E-state index contributed by atoms with van der Waals surface area (Å²) < 4.78 is 16.5. The van der Waals surface area contributed by atoms with Crippen LogP contribution in [0.15, 0.2) is 48.5 Å². The van der Waals surface area contributed by atoms with Gasteiger partial charge in [-0.2, -0.15) is 0 Å². The van der Waals surface area contributed by atoms with Crippen molar-refractivity contribution >= 4 is 12.0 Å². The number of ether oxygens (including phenoxy) is 3. The third-order valence-electron chi connectivity index (χ3n) is 4.19. The van der Waals surface area contributed by atoms with Crippen molar-refractivity contribution in [3.8, 4) is 17.2 Å². The second kappa shape index (κ2) is 8.43. The first-order chi connectivity index (χ1) is 12.7. The van der Waals surface area contributed by atoms with Gasteiger partial charge in [-0.25, -0.2) is 0 Å². The summed E-state index contributed by atoms with van der Waals surface area (Å²) in [6.07, 6.45) is 4.06. The van der Waals surface area contributed by atoms with Crippen LogP contribution in [-0.4, -0.2) is 26.2 Å². The molecule has 5 nitrogen and oxygen atoms in total. The summed E-state index contributed by atoms with van der Waals surface area (Å²) in [5.74, 6) is 2.03. The van der Waals surface area contributed by atoms with E-state index in [2.05, 4.69) is 5.32 Å². The monoisotopic (exact) mass is 353 g/mol. The maximum absolute atomic E-state index is 12.3. The standard InChI is InChI=1S/C21H23NO4/c1-3-25-19-10-8-15(14-20(19)24-2)9-11-21(23)22-17-12-13-26-18-7-5-4-6-16(17)18/h4-11,14,17H,3,12-13H2,1-2H3,(H,22,23)/b11-9+. The van der Waals surface area contributed by atoms with Crippen molar-refractivity contribution in [1.29, 1.82) is 0 Å². The van der Waals surface area contributed by atoms with E-state index in [0.717, 1.165) is 23.3 Å². The Morgan fingerprint density at radius 1 is 1.27 bits per heavy atom. The van der Waals surface area contributed by atoms with E-state index in [0.29, 0.717) is 24.7 Å². The summed E-state index contributed by atoms with van der Waals surface area (Å²) in [5.41, 5.74) is 1.89. The fraction of sp³-hybridized carbons (Fsp3) is 0.286. The number of carbonyl (C=O) groups excluding carboxylic acids is 1. The van der Waals surface area contributed by atoms with Gasteiger partial charge in [-0.1, -0.05) is 24.3 Å². The molecule has 1 N–H and O–H groups in total. The Morgan fingerprint density at radius 2 is 2.12 bits per heavy atom. The number of nitrogens with one attached hydrogen (secondary N) is 1. The molecule has 26 heavy (non-hydrogen) atoms. The fourth-order valence-corrected chi connectivity index (χ4v) is 2.95. The normalized spacial score (nSPS) is 15.8. The molecule has 2 aromatic rings. The Balaban J connectivity index is 1.67. The molecule has 1 aliphatic rings. The van der Waals surface area contributed by atoms with E-state index in [4.69, 9.17) is 14.2 Å². The molecule has 0 fully saturated rings. The summed E-state index contributed by atoms with van der Waals surface area (Å²) in [4.78, 5) is 12.3. The van der Waals surface area contributed by atoms with Gasteiger partial charge in [0, 0.05) is 18.1 Å². The van der Waals surface area contributed by atoms with Gasteiger partial charge in [0.05, 0.1) is 26.4 Å². The predicted octanol–water partition coefficient (Wildman–Crippen LogP) is 3.75. The quantitative estimate of drug-likeness (QED) is 0.804. The number of methoxy groups -OCH3 is 1. The van der Waals surface area contributed by atoms with Crippen LogP contribution >= 0.6 is 0 Å². The Bertz CT molecular complexity index is 800. The average Bonchev–Trinajstić information content (AvgIpc) is 2.67. The number of amides is 1. The van der Waals surface area contributed by atoms with Crippen LogP contribution in [0.3, 0.4) is 0 Å². The van der Waals surface area contributed by atoms with Crippen LogP contribution in [0.5, 0.6) is 17.2 Å². The summed E-state index contributed by atoms with van der Waals surface area (Å²) in [6.45, 7) is 3.09. The van der Waals surface area contributed by atoms with E-state index < -0.39 is 0 Å². The van der Waals surface area contributed by atoms with Crippen molar-refractivity contribution in [2.24, 2.45) is 0 Å². The first-order valence-electron chi connectivity index (χ1n) is 8.72. The Kier molecular flexibility index (Phi) is 5.79. The minimum atomic E-state index is -0.139. The van der Waals surface area contributed by atoms with E-state index in [-0.39, 0.29) is 11.9 Å². The number of benzene rings is 2. The zero-order valence-corrected chi connectivity index (χ0v) is 15.0. The summed E-state index contributed by atoms with van der Waals surface area (Å²) in [7, 11) is 1.60. The van der Waals surface area contributed by atoms with Crippen LogP contribution in [0.1, 0.15) is 30.5 Å². The summed E-state index contributed by atoms with van der Waals surface area (Å²) in [6, 6.07) is 13.3. The van der Waals surface area contributed by atoms with Crippen LogP contribution in [-0.2, 0) is 4.79 Å². The third-order valence-corrected chi connectivity index (χ3v) is 4.19. The number of hydrogen-bond acceptors (Lipinski definition) is 4. The molecule has 5 heteroatoms. The lowest BCUT2D eigenvalue weighted by atomic mass is 10.0. The Hall–Kier alpha value is -2.95. The minimum Gasteiger partial charge on any atom is -0.493 e. The van der Waals surface area contributed by atoms with E-state index >= 15 is 0 Å². The van der Waals surface area contributed by atoms with Gasteiger partial charge in [-0.3, -0.25) is 4.79 Å². The minimum absolute atomic E-state index is 0.0352. The summed E-state index contributed by atoms with van der Waals surface area (Å²) >= 11 is 0. The average molecular weight is 353 g/mol. The zero-order valence-electron chi connectivity index (χ0n) is 15.0. The van der Waals surface area contributed by atoms with Gasteiger partial charge in [0.1, 0.15) is 5.75 Å². The van der Waals surface area contributed by atoms with E-state index in [1.807, 2.05) is 49.4 Å². The number of hydrogen-bond donors (Lipinski definition) is 1. The first kappa shape index (κ1) is 17.9. The molecule has 1 heterocycles. The SMILES string of the molecule is CCOc1ccc(/C=C/C(=O)NC2CCOc3ccccc32)cc1OC. The first-order valence-corrected chi connectivity index (χ1v) is 8.72. The molecule has 136 valence electrons. The largest absolute Gasteiger partial charge is 0.493 e. The molecular formula is C21H23NO4. The van der Waals surface area contributed by atoms with E-state index in [9.17, 15) is 4.79 Å². The molecule has 2 aromatic carbocycles. The molecule has 0 saturated carbocycles. The second-order valence-corrected chi connectivity index (χ2v) is 5.91. The van der Waals surface area contributed by atoms with Crippen molar-refractivity contribution in [3.63, 3.8) is 0 Å². The molecule has 1 unspecified atom stereocenters. The Labute approximate surface area is 153 Å². The van der Waals surface area contributed by atoms with Crippen molar-refractivity contribution in [1.82, 2.24) is 5.32 Å². The van der Waals surface area contributed by atoms with Crippen molar-refractivity contribution in [3.05, 3.63) is 59.7 Å². The van der Waals surface area contributed by atoms with E-state index in [1.165, 1.54) is 6.08 Å². The van der Waals surface area contributed by atoms with Crippen molar-refractivity contribution in [2.75, 3.05) is 20.3 Å². The molecule has 1 aliphatic heterocycles. The smallest absolute Gasteiger partial charge is 0.244 e. The molecule has 0 spiro atoms. The molecule has 1 amide bonds. The molecule has 3 rings (SSSR count). The number of para-hydroxylation sites is 1. The maximum atomic E-state index is 12.3. The van der Waals surface area contributed by atoms with Gasteiger partial charge in [0.15, 0.2) is 11.5 Å². The van der Waals surface area contributed by atoms with Gasteiger partial charge in [-0.05, 0) is 36.8 Å². The topological polar surface area (TPSA) is 56.8 Å². The lowest BCUT2D eigenvalue weighted by molar-refractivity contribution is -0.117. The van der Waals surface area contributed by atoms with Crippen LogP contribution in [0.4, 0.5) is 0 Å². The number of carbonyl (C=O) groups is 1. The highest BCUT2D eigenvalue weighted by atomic mass is 16.5.